The van der Waals surface area contributed by atoms with Crippen LogP contribution in [0, 0.1) is 41.4 Å². The first-order valence-electron chi connectivity index (χ1n) is 25.1. The fourth-order valence-electron chi connectivity index (χ4n) is 10.5. The summed E-state index contributed by atoms with van der Waals surface area (Å²) in [7, 11) is 0. The molecule has 7 unspecified atom stereocenters. The first-order valence-corrected chi connectivity index (χ1v) is 26.1. The van der Waals surface area contributed by atoms with Gasteiger partial charge in [0.15, 0.2) is 0 Å². The normalized spacial score (nSPS) is 24.6. The van der Waals surface area contributed by atoms with E-state index in [2.05, 4.69) is 69.1 Å². The van der Waals surface area contributed by atoms with Crippen molar-refractivity contribution in [1.29, 1.82) is 0 Å². The van der Waals surface area contributed by atoms with Gasteiger partial charge in [0.25, 0.3) is 6.47 Å². The molecule has 3 aromatic rings. The number of amides is 3. The van der Waals surface area contributed by atoms with Crippen LogP contribution in [0.5, 0.6) is 0 Å². The molecule has 0 spiro atoms. The number of nitrogens with zero attached hydrogens (tertiary/aromatic N) is 1. The number of aromatic nitrogens is 1. The van der Waals surface area contributed by atoms with Crippen molar-refractivity contribution in [2.75, 3.05) is 25.3 Å². The molecule has 5 N–H and O–H groups in total. The third-order valence-corrected chi connectivity index (χ3v) is 15.0. The Kier molecular flexibility index (Phi) is 19.6. The number of thioether (sulfide) groups is 1. The lowest BCUT2D eigenvalue weighted by Crippen LogP contribution is -2.42. The van der Waals surface area contributed by atoms with Gasteiger partial charge in [0, 0.05) is 23.3 Å². The largest absolute Gasteiger partial charge is 0.464 e. The third-order valence-electron chi connectivity index (χ3n) is 13.8. The Morgan fingerprint density at radius 3 is 1.89 bits per heavy atom. The molecule has 2 heterocycles. The molecule has 6 rings (SSSR count). The Morgan fingerprint density at radius 2 is 1.36 bits per heavy atom. The summed E-state index contributed by atoms with van der Waals surface area (Å²) in [4.78, 5) is 90.2. The maximum atomic E-state index is 15.0. The molecule has 2 aromatic carbocycles. The van der Waals surface area contributed by atoms with Crippen LogP contribution < -0.4 is 16.0 Å². The number of benzene rings is 2. The van der Waals surface area contributed by atoms with Crippen LogP contribution in [0.2, 0.25) is 0 Å². The average molecular weight is 1020 g/mol. The number of carbonyl (C=O) groups excluding carboxylic acids is 6. The van der Waals surface area contributed by atoms with Crippen LogP contribution in [0.4, 0.5) is 5.82 Å². The molecule has 73 heavy (non-hydrogen) atoms. The highest BCUT2D eigenvalue weighted by Gasteiger charge is 2.40. The van der Waals surface area contributed by atoms with Crippen molar-refractivity contribution in [3.63, 3.8) is 0 Å². The van der Waals surface area contributed by atoms with Crippen LogP contribution in [0.3, 0.4) is 0 Å². The number of allylic oxidation sites excluding steroid dienone is 1. The number of aromatic amines is 1. The minimum Gasteiger partial charge on any atom is -0.464 e. The van der Waals surface area contributed by atoms with Gasteiger partial charge in [-0.15, -0.1) is 11.8 Å². The van der Waals surface area contributed by atoms with Crippen molar-refractivity contribution in [2.45, 2.75) is 111 Å². The van der Waals surface area contributed by atoms with Crippen molar-refractivity contribution < 1.29 is 52.8 Å². The van der Waals surface area contributed by atoms with Gasteiger partial charge in [-0.25, -0.2) is 14.6 Å². The lowest BCUT2D eigenvalue weighted by atomic mass is 9.75. The first-order chi connectivity index (χ1) is 34.8. The smallest absolute Gasteiger partial charge is 0.342 e. The van der Waals surface area contributed by atoms with Crippen molar-refractivity contribution in [2.24, 2.45) is 46.4 Å². The molecule has 2 saturated carbocycles. The van der Waals surface area contributed by atoms with Crippen LogP contribution >= 0.6 is 11.8 Å². The number of carbonyl (C=O) groups is 6. The number of hydrogen-bond donors (Lipinski definition) is 5. The molecule has 0 bridgehead atoms. The maximum absolute atomic E-state index is 15.0. The summed E-state index contributed by atoms with van der Waals surface area (Å²) >= 11 is 0.993. The molecule has 3 aliphatic rings. The SMILES string of the molecule is C=C(C)C(=O)NCC(C)C(=O)NC1=NC(=Cc2[nH]c(NC(=O)C(C)SC(COC=O)OCO)c(C(=O)OC3C(C)CC(C)CC3C)c2-c2ccccc2)C(c2ccccc2)=C1C(=O)OC1C(C)CC(C)CC1C. The zero-order valence-electron chi connectivity index (χ0n) is 43.3. The summed E-state index contributed by atoms with van der Waals surface area (Å²) in [6.07, 6.45) is 4.25. The van der Waals surface area contributed by atoms with Crippen LogP contribution in [0.25, 0.3) is 22.8 Å². The minimum absolute atomic E-state index is 0.0153. The summed E-state index contributed by atoms with van der Waals surface area (Å²) in [6.45, 7) is 20.5. The summed E-state index contributed by atoms with van der Waals surface area (Å²) in [5.74, 6) is -2.61. The molecule has 16 nitrogen and oxygen atoms in total. The highest BCUT2D eigenvalue weighted by molar-refractivity contribution is 8.01. The highest BCUT2D eigenvalue weighted by Crippen LogP contribution is 2.43. The van der Waals surface area contributed by atoms with E-state index in [9.17, 15) is 24.3 Å². The number of hydrogen-bond acceptors (Lipinski definition) is 13. The van der Waals surface area contributed by atoms with Gasteiger partial charge >= 0.3 is 11.9 Å². The Balaban J connectivity index is 1.56. The molecule has 392 valence electrons. The van der Waals surface area contributed by atoms with Gasteiger partial charge in [-0.05, 0) is 92.2 Å². The van der Waals surface area contributed by atoms with Crippen LogP contribution in [-0.4, -0.2) is 94.9 Å². The quantitative estimate of drug-likeness (QED) is 0.0236. The summed E-state index contributed by atoms with van der Waals surface area (Å²) in [6, 6.07) is 18.2. The highest BCUT2D eigenvalue weighted by atomic mass is 32.2. The molecule has 17 heteroatoms. The molecular formula is C56H71N5O11S. The Bertz CT molecular complexity index is 2570. The summed E-state index contributed by atoms with van der Waals surface area (Å²) in [5.41, 5.74) is 1.83. The molecule has 1 aromatic heterocycles. The van der Waals surface area contributed by atoms with Gasteiger partial charge in [-0.3, -0.25) is 19.2 Å². The van der Waals surface area contributed by atoms with E-state index in [4.69, 9.17) is 23.9 Å². The van der Waals surface area contributed by atoms with Crippen molar-refractivity contribution >= 4 is 71.2 Å². The molecular weight excluding hydrogens is 951 g/mol. The van der Waals surface area contributed by atoms with Crippen LogP contribution in [0.1, 0.15) is 110 Å². The van der Waals surface area contributed by atoms with Crippen molar-refractivity contribution in [3.05, 3.63) is 101 Å². The lowest BCUT2D eigenvalue weighted by Gasteiger charge is -2.37. The van der Waals surface area contributed by atoms with Crippen LogP contribution in [0.15, 0.2) is 89.1 Å². The van der Waals surface area contributed by atoms with Gasteiger partial charge in [0.05, 0.1) is 22.6 Å². The number of nitrogens with one attached hydrogen (secondary N) is 4. The summed E-state index contributed by atoms with van der Waals surface area (Å²) < 4.78 is 23.1. The average Bonchev–Trinajstić information content (AvgIpc) is 3.89. The number of H-pyrrole nitrogens is 1. The first kappa shape index (κ1) is 56.0. The fraction of sp³-hybridized carbons (Fsp3) is 0.482. The van der Waals surface area contributed by atoms with Crippen LogP contribution in [-0.2, 0) is 42.9 Å². The number of aliphatic hydroxyl groups excluding tert-OH is 1. The second kappa shape index (κ2) is 25.6. The van der Waals surface area contributed by atoms with E-state index in [1.807, 2.05) is 60.7 Å². The molecule has 2 fully saturated rings. The van der Waals surface area contributed by atoms with E-state index in [-0.39, 0.29) is 77.4 Å². The fourth-order valence-corrected chi connectivity index (χ4v) is 11.5. The Hall–Kier alpha value is -6.30. The van der Waals surface area contributed by atoms with E-state index >= 15 is 9.59 Å². The van der Waals surface area contributed by atoms with Gasteiger partial charge in [-0.2, -0.15) is 0 Å². The number of amidine groups is 1. The molecule has 3 amide bonds. The van der Waals surface area contributed by atoms with Gasteiger partial charge in [-0.1, -0.05) is 116 Å². The van der Waals surface area contributed by atoms with E-state index in [1.54, 1.807) is 26.8 Å². The predicted molar refractivity (Wildman–Crippen MR) is 282 cm³/mol. The molecule has 1 aliphatic heterocycles. The number of rotatable bonds is 20. The zero-order chi connectivity index (χ0) is 53.1. The van der Waals surface area contributed by atoms with Crippen molar-refractivity contribution in [3.8, 4) is 11.1 Å². The van der Waals surface area contributed by atoms with Gasteiger partial charge in [0.2, 0.25) is 17.7 Å². The standard InChI is InChI=1S/C56H71N5O11S/c1-30(2)52(64)57-26-37(9)53(65)60-50-46(55(67)71-48-33(5)21-31(3)22-34(48)6)44(39-17-13-11-14-18-39)41(58-50)25-42-45(40-19-15-12-16-20-40)47(56(68)72-49-35(7)23-32(4)24-36(49)8)51(59-42)61-54(66)38(10)73-43(70-29-63)27-69-28-62/h11-20,25,28,31-38,43,48-49,59,63H,1,21-24,26-27,29H2,2-10H3,(H,57,64)(H,61,66)(H,58,60,65). The maximum Gasteiger partial charge on any atom is 0.342 e. The summed E-state index contributed by atoms with van der Waals surface area (Å²) in [5, 5.41) is 17.2. The monoisotopic (exact) mass is 1020 g/mol. The predicted octanol–water partition coefficient (Wildman–Crippen LogP) is 8.70. The zero-order valence-corrected chi connectivity index (χ0v) is 44.1. The van der Waals surface area contributed by atoms with E-state index < -0.39 is 65.3 Å². The lowest BCUT2D eigenvalue weighted by molar-refractivity contribution is -0.152. The molecule has 7 atom stereocenters. The van der Waals surface area contributed by atoms with E-state index in [0.717, 1.165) is 37.4 Å². The van der Waals surface area contributed by atoms with Crippen molar-refractivity contribution in [1.82, 2.24) is 15.6 Å². The third kappa shape index (κ3) is 14.1. The molecule has 2 aliphatic carbocycles. The second-order valence-electron chi connectivity index (χ2n) is 20.2. The van der Waals surface area contributed by atoms with Gasteiger partial charge in [0.1, 0.15) is 53.8 Å². The Labute approximate surface area is 432 Å². The minimum atomic E-state index is -0.897. The number of ether oxygens (including phenoxy) is 4. The number of aliphatic imine (C=N–C) groups is 1. The number of aliphatic hydroxyl groups is 1. The topological polar surface area (TPSA) is 224 Å². The molecule has 0 radical (unpaired) electrons. The number of anilines is 1. The number of esters is 2. The van der Waals surface area contributed by atoms with Gasteiger partial charge < -0.3 is 45.0 Å². The Morgan fingerprint density at radius 1 is 0.808 bits per heavy atom. The van der Waals surface area contributed by atoms with E-state index in [1.165, 1.54) is 0 Å². The molecule has 0 saturated heterocycles. The second-order valence-corrected chi connectivity index (χ2v) is 21.7. The van der Waals surface area contributed by atoms with E-state index in [0.29, 0.717) is 39.8 Å².